The molecule has 0 saturated heterocycles. The third kappa shape index (κ3) is 15.5. The van der Waals surface area contributed by atoms with E-state index in [0.717, 1.165) is 50.9 Å². The largest absolute Gasteiger partial charge is 0.445 e. The van der Waals surface area contributed by atoms with E-state index in [0.29, 0.717) is 19.7 Å². The molecule has 0 heterocycles. The van der Waals surface area contributed by atoms with Crippen molar-refractivity contribution < 1.29 is 9.53 Å². The molecule has 0 spiro atoms. The molecule has 36 heavy (non-hydrogen) atoms. The first-order chi connectivity index (χ1) is 17.1. The van der Waals surface area contributed by atoms with Crippen LogP contribution in [0.25, 0.3) is 0 Å². The van der Waals surface area contributed by atoms with Gasteiger partial charge < -0.3 is 9.64 Å². The average molecular weight is 491 g/mol. The quantitative estimate of drug-likeness (QED) is 0.223. The second-order valence-corrected chi connectivity index (χ2v) is 8.10. The first-order valence-electron chi connectivity index (χ1n) is 12.3. The fraction of sp³-hybridized carbons (Fsp3) is 0.344. The summed E-state index contributed by atoms with van der Waals surface area (Å²) in [6, 6.07) is 20.3. The molecule has 0 unspecified atom stereocenters. The molecule has 0 N–H and O–H groups in total. The SMILES string of the molecule is C.C=CCCN(CCC=C)C(=O)OCc1ccccc1.C=CCCN(CCC=C)Cc1ccccc1. The Morgan fingerprint density at radius 1 is 0.667 bits per heavy atom. The second kappa shape index (κ2) is 22.1. The van der Waals surface area contributed by atoms with Crippen molar-refractivity contribution in [3.8, 4) is 0 Å². The van der Waals surface area contributed by atoms with Gasteiger partial charge in [-0.25, -0.2) is 4.79 Å². The average Bonchev–Trinajstić information content (AvgIpc) is 2.90. The van der Waals surface area contributed by atoms with Gasteiger partial charge in [0.1, 0.15) is 6.61 Å². The van der Waals surface area contributed by atoms with Crippen LogP contribution in [-0.2, 0) is 17.9 Å². The first-order valence-corrected chi connectivity index (χ1v) is 12.3. The Balaban J connectivity index is 0.000000671. The standard InChI is InChI=1S/C16H21NO2.C15H21N.CH4/c1-3-5-12-17(13-6-4-2)16(18)19-14-15-10-8-7-9-11-15;1-3-5-12-16(13-6-4-2)14-15-10-8-7-9-11-15;/h3-4,7-11H,1-2,5-6,12-14H2;3-4,7-11H,1-2,5-6,12-14H2;1H4. The molecule has 0 fully saturated rings. The molecule has 0 aliphatic carbocycles. The molecular weight excluding hydrogens is 444 g/mol. The minimum Gasteiger partial charge on any atom is -0.445 e. The third-order valence-electron chi connectivity index (χ3n) is 5.22. The molecule has 1 amide bonds. The van der Waals surface area contributed by atoms with Crippen molar-refractivity contribution in [2.45, 2.75) is 46.3 Å². The molecular formula is C32H46N2O2. The van der Waals surface area contributed by atoms with Crippen molar-refractivity contribution >= 4 is 6.09 Å². The van der Waals surface area contributed by atoms with Crippen LogP contribution < -0.4 is 0 Å². The Labute approximate surface area is 220 Å². The second-order valence-electron chi connectivity index (χ2n) is 8.10. The lowest BCUT2D eigenvalue weighted by Gasteiger charge is -2.21. The maximum atomic E-state index is 12.0. The van der Waals surface area contributed by atoms with Gasteiger partial charge in [0, 0.05) is 32.7 Å². The van der Waals surface area contributed by atoms with Gasteiger partial charge in [-0.05, 0) is 36.8 Å². The van der Waals surface area contributed by atoms with Gasteiger partial charge in [-0.2, -0.15) is 0 Å². The normalized spacial score (nSPS) is 9.69. The Kier molecular flexibility index (Phi) is 20.0. The molecule has 0 saturated carbocycles. The summed E-state index contributed by atoms with van der Waals surface area (Å²) >= 11 is 0. The Morgan fingerprint density at radius 3 is 1.53 bits per heavy atom. The van der Waals surface area contributed by atoms with E-state index >= 15 is 0 Å². The molecule has 0 aromatic heterocycles. The molecule has 0 radical (unpaired) electrons. The molecule has 4 nitrogen and oxygen atoms in total. The van der Waals surface area contributed by atoms with Gasteiger partial charge in [0.25, 0.3) is 0 Å². The highest BCUT2D eigenvalue weighted by atomic mass is 16.6. The van der Waals surface area contributed by atoms with E-state index in [4.69, 9.17) is 4.74 Å². The zero-order valence-electron chi connectivity index (χ0n) is 21.2. The predicted molar refractivity (Wildman–Crippen MR) is 156 cm³/mol. The summed E-state index contributed by atoms with van der Waals surface area (Å²) in [4.78, 5) is 16.1. The number of hydrogen-bond donors (Lipinski definition) is 0. The van der Waals surface area contributed by atoms with Crippen LogP contribution >= 0.6 is 0 Å². The summed E-state index contributed by atoms with van der Waals surface area (Å²) < 4.78 is 5.30. The maximum absolute atomic E-state index is 12.0. The summed E-state index contributed by atoms with van der Waals surface area (Å²) in [6.07, 6.45) is 10.9. The fourth-order valence-corrected chi connectivity index (χ4v) is 3.26. The van der Waals surface area contributed by atoms with E-state index in [1.165, 1.54) is 5.56 Å². The molecule has 0 bridgehead atoms. The van der Waals surface area contributed by atoms with E-state index < -0.39 is 0 Å². The van der Waals surface area contributed by atoms with Crippen LogP contribution in [-0.4, -0.2) is 42.1 Å². The zero-order chi connectivity index (χ0) is 25.6. The van der Waals surface area contributed by atoms with Crippen molar-refractivity contribution in [3.63, 3.8) is 0 Å². The van der Waals surface area contributed by atoms with Crippen molar-refractivity contribution in [3.05, 3.63) is 122 Å². The monoisotopic (exact) mass is 490 g/mol. The highest BCUT2D eigenvalue weighted by molar-refractivity contribution is 5.67. The first kappa shape index (κ1) is 32.6. The zero-order valence-corrected chi connectivity index (χ0v) is 21.2. The predicted octanol–water partition coefficient (Wildman–Crippen LogP) is 8.05. The number of amides is 1. The topological polar surface area (TPSA) is 32.8 Å². The third-order valence-corrected chi connectivity index (χ3v) is 5.22. The van der Waals surface area contributed by atoms with Crippen molar-refractivity contribution in [1.82, 2.24) is 9.80 Å². The molecule has 2 rings (SSSR count). The molecule has 2 aromatic rings. The Morgan fingerprint density at radius 2 is 1.08 bits per heavy atom. The summed E-state index contributed by atoms with van der Waals surface area (Å²) in [7, 11) is 0. The summed E-state index contributed by atoms with van der Waals surface area (Å²) in [5.41, 5.74) is 2.36. The van der Waals surface area contributed by atoms with Gasteiger partial charge in [-0.15, -0.1) is 26.3 Å². The molecule has 0 aliphatic rings. The number of carbonyl (C=O) groups excluding carboxylic acids is 1. The molecule has 4 heteroatoms. The number of rotatable bonds is 16. The molecule has 0 aliphatic heterocycles. The maximum Gasteiger partial charge on any atom is 0.410 e. The van der Waals surface area contributed by atoms with E-state index in [2.05, 4.69) is 61.5 Å². The molecule has 2 aromatic carbocycles. The molecule has 0 atom stereocenters. The number of nitrogens with zero attached hydrogens (tertiary/aromatic N) is 2. The van der Waals surface area contributed by atoms with Crippen LogP contribution in [0.5, 0.6) is 0 Å². The van der Waals surface area contributed by atoms with E-state index in [1.807, 2.05) is 42.5 Å². The highest BCUT2D eigenvalue weighted by Crippen LogP contribution is 2.07. The lowest BCUT2D eigenvalue weighted by Crippen LogP contribution is -2.33. The van der Waals surface area contributed by atoms with E-state index in [-0.39, 0.29) is 13.5 Å². The van der Waals surface area contributed by atoms with Gasteiger partial charge in [-0.1, -0.05) is 92.4 Å². The number of carbonyl (C=O) groups is 1. The van der Waals surface area contributed by atoms with Gasteiger partial charge in [0.05, 0.1) is 0 Å². The number of benzene rings is 2. The van der Waals surface area contributed by atoms with E-state index in [9.17, 15) is 4.79 Å². The minimum atomic E-state index is -0.285. The lowest BCUT2D eigenvalue weighted by atomic mass is 10.2. The summed E-state index contributed by atoms with van der Waals surface area (Å²) in [6.45, 7) is 19.6. The van der Waals surface area contributed by atoms with Gasteiger partial charge in [0.2, 0.25) is 0 Å². The van der Waals surface area contributed by atoms with Gasteiger partial charge in [-0.3, -0.25) is 4.90 Å². The van der Waals surface area contributed by atoms with Crippen LogP contribution in [0.2, 0.25) is 0 Å². The van der Waals surface area contributed by atoms with Crippen LogP contribution in [0.3, 0.4) is 0 Å². The van der Waals surface area contributed by atoms with Crippen molar-refractivity contribution in [2.75, 3.05) is 26.2 Å². The lowest BCUT2D eigenvalue weighted by molar-refractivity contribution is 0.0973. The summed E-state index contributed by atoms with van der Waals surface area (Å²) in [5, 5.41) is 0. The van der Waals surface area contributed by atoms with Crippen LogP contribution in [0.15, 0.2) is 111 Å². The summed E-state index contributed by atoms with van der Waals surface area (Å²) in [5.74, 6) is 0. The van der Waals surface area contributed by atoms with Crippen LogP contribution in [0.4, 0.5) is 4.79 Å². The fourth-order valence-electron chi connectivity index (χ4n) is 3.26. The van der Waals surface area contributed by atoms with Crippen LogP contribution in [0.1, 0.15) is 44.2 Å². The van der Waals surface area contributed by atoms with E-state index in [1.54, 1.807) is 17.1 Å². The Bertz CT molecular complexity index is 825. The Hall–Kier alpha value is -3.37. The number of ether oxygens (including phenoxy) is 1. The van der Waals surface area contributed by atoms with Crippen molar-refractivity contribution in [1.29, 1.82) is 0 Å². The van der Waals surface area contributed by atoms with Crippen LogP contribution in [0, 0.1) is 0 Å². The minimum absolute atomic E-state index is 0. The van der Waals surface area contributed by atoms with Crippen molar-refractivity contribution in [2.24, 2.45) is 0 Å². The van der Waals surface area contributed by atoms with Gasteiger partial charge in [0.15, 0.2) is 0 Å². The number of hydrogen-bond acceptors (Lipinski definition) is 3. The molecule has 196 valence electrons. The van der Waals surface area contributed by atoms with Gasteiger partial charge >= 0.3 is 6.09 Å². The smallest absolute Gasteiger partial charge is 0.410 e. The highest BCUT2D eigenvalue weighted by Gasteiger charge is 2.13.